The Bertz CT molecular complexity index is 923. The molecule has 1 saturated heterocycles. The van der Waals surface area contributed by atoms with Crippen LogP contribution in [0, 0.1) is 0 Å². The topological polar surface area (TPSA) is 76.5 Å². The third kappa shape index (κ3) is 5.22. The molecule has 7 nitrogen and oxygen atoms in total. The highest BCUT2D eigenvalue weighted by atomic mass is 32.2. The minimum Gasteiger partial charge on any atom is -0.376 e. The average Bonchev–Trinajstić information content (AvgIpc) is 3.32. The monoisotopic (exact) mass is 432 g/mol. The molecule has 2 fully saturated rings. The van der Waals surface area contributed by atoms with Gasteiger partial charge in [0.1, 0.15) is 0 Å². The Labute approximate surface area is 179 Å². The lowest BCUT2D eigenvalue weighted by Gasteiger charge is -2.33. The van der Waals surface area contributed by atoms with E-state index in [1.54, 1.807) is 4.68 Å². The third-order valence-corrected chi connectivity index (χ3v) is 7.11. The first-order chi connectivity index (χ1) is 14.4. The van der Waals surface area contributed by atoms with E-state index < -0.39 is 10.0 Å². The molecule has 1 aliphatic carbocycles. The zero-order chi connectivity index (χ0) is 21.1. The van der Waals surface area contributed by atoms with Gasteiger partial charge in [0.25, 0.3) is 0 Å². The Morgan fingerprint density at radius 3 is 2.50 bits per heavy atom. The van der Waals surface area contributed by atoms with Crippen LogP contribution < -0.4 is 9.62 Å². The van der Waals surface area contributed by atoms with Gasteiger partial charge < -0.3 is 9.64 Å². The predicted molar refractivity (Wildman–Crippen MR) is 118 cm³/mol. The second-order valence-corrected chi connectivity index (χ2v) is 10.4. The van der Waals surface area contributed by atoms with Crippen LogP contribution in [0.25, 0.3) is 0 Å². The van der Waals surface area contributed by atoms with Crippen molar-refractivity contribution in [1.29, 1.82) is 0 Å². The summed E-state index contributed by atoms with van der Waals surface area (Å²) in [6.45, 7) is 1.30. The maximum absolute atomic E-state index is 11.9. The third-order valence-electron chi connectivity index (χ3n) is 6.38. The van der Waals surface area contributed by atoms with Gasteiger partial charge in [0.05, 0.1) is 36.9 Å². The minimum absolute atomic E-state index is 0.0317. The van der Waals surface area contributed by atoms with Gasteiger partial charge in [-0.2, -0.15) is 5.10 Å². The van der Waals surface area contributed by atoms with Crippen LogP contribution in [0.1, 0.15) is 43.6 Å². The quantitative estimate of drug-likeness (QED) is 0.728. The van der Waals surface area contributed by atoms with E-state index in [0.717, 1.165) is 44.3 Å². The number of ether oxygens (including phenoxy) is 1. The maximum Gasteiger partial charge on any atom is 0.209 e. The summed E-state index contributed by atoms with van der Waals surface area (Å²) in [5, 5.41) is 4.28. The molecule has 4 rings (SSSR count). The van der Waals surface area contributed by atoms with E-state index in [2.05, 4.69) is 45.1 Å². The molecule has 0 radical (unpaired) electrons. The highest BCUT2D eigenvalue weighted by Crippen LogP contribution is 2.34. The number of nitrogens with one attached hydrogen (secondary N) is 1. The second kappa shape index (κ2) is 9.08. The lowest BCUT2D eigenvalue weighted by atomic mass is 9.83. The summed E-state index contributed by atoms with van der Waals surface area (Å²) in [6.07, 6.45) is 10.4. The van der Waals surface area contributed by atoms with Gasteiger partial charge in [0.2, 0.25) is 10.0 Å². The molecule has 1 N–H and O–H groups in total. The first kappa shape index (κ1) is 21.3. The van der Waals surface area contributed by atoms with Gasteiger partial charge in [0.15, 0.2) is 0 Å². The normalized spacial score (nSPS) is 27.5. The molecule has 2 heterocycles. The summed E-state index contributed by atoms with van der Waals surface area (Å²) >= 11 is 0. The predicted octanol–water partition coefficient (Wildman–Crippen LogP) is 2.66. The number of benzene rings is 1. The number of hydrogen-bond acceptors (Lipinski definition) is 5. The molecular weight excluding hydrogens is 400 g/mol. The van der Waals surface area contributed by atoms with Crippen molar-refractivity contribution in [3.8, 4) is 0 Å². The first-order valence-electron chi connectivity index (χ1n) is 10.8. The largest absolute Gasteiger partial charge is 0.376 e. The van der Waals surface area contributed by atoms with Crippen molar-refractivity contribution in [1.82, 2.24) is 14.5 Å². The molecule has 2 atom stereocenters. The van der Waals surface area contributed by atoms with Crippen LogP contribution in [0.4, 0.5) is 5.69 Å². The first-order valence-corrected chi connectivity index (χ1v) is 12.7. The summed E-state index contributed by atoms with van der Waals surface area (Å²) in [4.78, 5) is 2.23. The maximum atomic E-state index is 11.9. The van der Waals surface area contributed by atoms with Crippen molar-refractivity contribution in [2.75, 3.05) is 24.3 Å². The van der Waals surface area contributed by atoms with Crippen LogP contribution in [0.15, 0.2) is 42.7 Å². The molecule has 30 heavy (non-hydrogen) atoms. The van der Waals surface area contributed by atoms with Crippen molar-refractivity contribution < 1.29 is 13.2 Å². The Hall–Kier alpha value is -1.90. The molecule has 2 aromatic rings. The van der Waals surface area contributed by atoms with Crippen LogP contribution in [-0.2, 0) is 21.8 Å². The molecule has 0 bridgehead atoms. The van der Waals surface area contributed by atoms with E-state index >= 15 is 0 Å². The lowest BCUT2D eigenvalue weighted by Crippen LogP contribution is -2.48. The molecule has 164 valence electrons. The van der Waals surface area contributed by atoms with E-state index in [1.165, 1.54) is 11.8 Å². The van der Waals surface area contributed by atoms with Crippen molar-refractivity contribution in [2.45, 2.75) is 56.2 Å². The molecule has 0 spiro atoms. The van der Waals surface area contributed by atoms with Crippen LogP contribution in [0.2, 0.25) is 0 Å². The standard InChI is InChI=1S/C22H32N4O3S/c1-25-15-19(14-23-25)26-13-12-21(24-30(2,27)28)22(26)16-29-20-10-8-18(9-11-20)17-6-4-3-5-7-17/h3-7,14-15,18,20-22,24H,8-13,16H2,1-2H3. The number of nitrogens with zero attached hydrogens (tertiary/aromatic N) is 3. The number of aromatic nitrogens is 2. The van der Waals surface area contributed by atoms with Gasteiger partial charge in [-0.05, 0) is 43.6 Å². The Balaban J connectivity index is 1.37. The fraction of sp³-hybridized carbons (Fsp3) is 0.591. The molecule has 2 aliphatic rings. The summed E-state index contributed by atoms with van der Waals surface area (Å²) in [6, 6.07) is 10.5. The molecule has 8 heteroatoms. The van der Waals surface area contributed by atoms with E-state index in [4.69, 9.17) is 4.74 Å². The summed E-state index contributed by atoms with van der Waals surface area (Å²) in [5.41, 5.74) is 2.43. The summed E-state index contributed by atoms with van der Waals surface area (Å²) < 4.78 is 34.7. The van der Waals surface area contributed by atoms with Crippen LogP contribution >= 0.6 is 0 Å². The van der Waals surface area contributed by atoms with Gasteiger partial charge >= 0.3 is 0 Å². The van der Waals surface area contributed by atoms with Gasteiger partial charge in [-0.15, -0.1) is 0 Å². The van der Waals surface area contributed by atoms with Crippen LogP contribution in [0.3, 0.4) is 0 Å². The van der Waals surface area contributed by atoms with Gasteiger partial charge in [0, 0.05) is 25.8 Å². The molecule has 1 saturated carbocycles. The van der Waals surface area contributed by atoms with Gasteiger partial charge in [-0.25, -0.2) is 13.1 Å². The molecule has 0 amide bonds. The van der Waals surface area contributed by atoms with Crippen molar-refractivity contribution in [3.05, 3.63) is 48.3 Å². The number of anilines is 1. The highest BCUT2D eigenvalue weighted by Gasteiger charge is 2.37. The van der Waals surface area contributed by atoms with Gasteiger partial charge in [-0.3, -0.25) is 4.68 Å². The molecular formula is C22H32N4O3S. The minimum atomic E-state index is -3.28. The zero-order valence-electron chi connectivity index (χ0n) is 17.8. The number of sulfonamides is 1. The van der Waals surface area contributed by atoms with Gasteiger partial charge in [-0.1, -0.05) is 30.3 Å². The number of hydrogen-bond donors (Lipinski definition) is 1. The smallest absolute Gasteiger partial charge is 0.209 e. The van der Waals surface area contributed by atoms with E-state index in [9.17, 15) is 8.42 Å². The second-order valence-electron chi connectivity index (χ2n) is 8.64. The Morgan fingerprint density at radius 2 is 1.87 bits per heavy atom. The van der Waals surface area contributed by atoms with Crippen molar-refractivity contribution in [2.24, 2.45) is 7.05 Å². The van der Waals surface area contributed by atoms with E-state index in [1.807, 2.05) is 19.4 Å². The van der Waals surface area contributed by atoms with E-state index in [0.29, 0.717) is 12.5 Å². The molecule has 1 aliphatic heterocycles. The molecule has 2 unspecified atom stereocenters. The molecule has 1 aromatic carbocycles. The van der Waals surface area contributed by atoms with Crippen LogP contribution in [0.5, 0.6) is 0 Å². The SMILES string of the molecule is Cn1cc(N2CCC(NS(C)(=O)=O)C2COC2CCC(c3ccccc3)CC2)cn1. The summed E-state index contributed by atoms with van der Waals surface area (Å²) in [5.74, 6) is 0.615. The number of aryl methyl sites for hydroxylation is 1. The fourth-order valence-corrected chi connectivity index (χ4v) is 5.70. The fourth-order valence-electron chi connectivity index (χ4n) is 4.87. The highest BCUT2D eigenvalue weighted by molar-refractivity contribution is 7.88. The van der Waals surface area contributed by atoms with E-state index in [-0.39, 0.29) is 18.2 Å². The Morgan fingerprint density at radius 1 is 1.13 bits per heavy atom. The van der Waals surface area contributed by atoms with Crippen LogP contribution in [-0.4, -0.2) is 55.8 Å². The molecule has 1 aromatic heterocycles. The summed E-state index contributed by atoms with van der Waals surface area (Å²) in [7, 11) is -1.38. The number of rotatable bonds is 7. The van der Waals surface area contributed by atoms with Crippen molar-refractivity contribution in [3.63, 3.8) is 0 Å². The van der Waals surface area contributed by atoms with Crippen molar-refractivity contribution >= 4 is 15.7 Å². The average molecular weight is 433 g/mol. The zero-order valence-corrected chi connectivity index (χ0v) is 18.6. The Kier molecular flexibility index (Phi) is 6.46. The lowest BCUT2D eigenvalue weighted by molar-refractivity contribution is 0.0157.